The molecule has 0 saturated heterocycles. The van der Waals surface area contributed by atoms with Gasteiger partial charge in [-0.15, -0.1) is 0 Å². The normalized spacial score (nSPS) is 12.1. The number of rotatable bonds is 11. The monoisotopic (exact) mass is 532 g/mol. The van der Waals surface area contributed by atoms with Gasteiger partial charge >= 0.3 is 5.97 Å². The maximum Gasteiger partial charge on any atom is 0.324 e. The Morgan fingerprint density at radius 2 is 1.57 bits per heavy atom. The molecule has 1 unspecified atom stereocenters. The van der Waals surface area contributed by atoms with E-state index in [9.17, 15) is 18.0 Å². The molecule has 1 atom stereocenters. The van der Waals surface area contributed by atoms with Gasteiger partial charge in [0.15, 0.2) is 6.61 Å². The van der Waals surface area contributed by atoms with Gasteiger partial charge in [-0.2, -0.15) is 16.5 Å². The van der Waals surface area contributed by atoms with Gasteiger partial charge < -0.3 is 10.1 Å². The minimum Gasteiger partial charge on any atom is -0.454 e. The molecule has 0 heterocycles. The molecule has 3 aromatic carbocycles. The SMILES string of the molecule is CSCCC(NS(=O)(=O)c1ccc(Cl)cc1)C(=O)OCC(=O)Nc1ccc(-c2ccccc2)cc1. The Balaban J connectivity index is 1.57. The first-order valence-electron chi connectivity index (χ1n) is 10.7. The first kappa shape index (κ1) is 26.7. The van der Waals surface area contributed by atoms with Crippen molar-refractivity contribution in [1.29, 1.82) is 0 Å². The molecule has 10 heteroatoms. The summed E-state index contributed by atoms with van der Waals surface area (Å²) < 4.78 is 32.9. The summed E-state index contributed by atoms with van der Waals surface area (Å²) in [6.07, 6.45) is 2.04. The Morgan fingerprint density at radius 1 is 0.943 bits per heavy atom. The number of ether oxygens (including phenoxy) is 1. The molecule has 0 aromatic heterocycles. The topological polar surface area (TPSA) is 102 Å². The predicted molar refractivity (Wildman–Crippen MR) is 140 cm³/mol. The van der Waals surface area contributed by atoms with Gasteiger partial charge in [0.2, 0.25) is 10.0 Å². The molecule has 3 rings (SSSR count). The van der Waals surface area contributed by atoms with Crippen LogP contribution in [0, 0.1) is 0 Å². The van der Waals surface area contributed by atoms with Crippen molar-refractivity contribution in [3.05, 3.63) is 83.9 Å². The lowest BCUT2D eigenvalue weighted by atomic mass is 10.1. The van der Waals surface area contributed by atoms with E-state index in [1.54, 1.807) is 12.1 Å². The van der Waals surface area contributed by atoms with E-state index in [1.807, 2.05) is 48.7 Å². The number of anilines is 1. The van der Waals surface area contributed by atoms with Crippen LogP contribution in [0.3, 0.4) is 0 Å². The summed E-state index contributed by atoms with van der Waals surface area (Å²) in [6, 6.07) is 21.5. The maximum atomic E-state index is 12.7. The van der Waals surface area contributed by atoms with Gasteiger partial charge in [-0.1, -0.05) is 54.1 Å². The lowest BCUT2D eigenvalue weighted by Gasteiger charge is -2.17. The third-order valence-corrected chi connectivity index (χ3v) is 7.32. The molecule has 0 fully saturated rings. The second-order valence-electron chi connectivity index (χ2n) is 7.51. The van der Waals surface area contributed by atoms with Crippen molar-refractivity contribution in [3.63, 3.8) is 0 Å². The number of hydrogen-bond donors (Lipinski definition) is 2. The highest BCUT2D eigenvalue weighted by atomic mass is 35.5. The van der Waals surface area contributed by atoms with Crippen molar-refractivity contribution < 1.29 is 22.7 Å². The van der Waals surface area contributed by atoms with Crippen molar-refractivity contribution >= 4 is 50.9 Å². The summed E-state index contributed by atoms with van der Waals surface area (Å²) in [6.45, 7) is -0.544. The number of halogens is 1. The maximum absolute atomic E-state index is 12.7. The minimum absolute atomic E-state index is 0.0273. The fraction of sp³-hybridized carbons (Fsp3) is 0.200. The van der Waals surface area contributed by atoms with Crippen LogP contribution in [0.2, 0.25) is 5.02 Å². The van der Waals surface area contributed by atoms with Crippen LogP contribution in [0.5, 0.6) is 0 Å². The third-order valence-electron chi connectivity index (χ3n) is 4.94. The number of benzene rings is 3. The molecule has 0 aliphatic rings. The van der Waals surface area contributed by atoms with Gasteiger partial charge in [0.25, 0.3) is 5.91 Å². The number of carbonyl (C=O) groups is 2. The zero-order chi connectivity index (χ0) is 25.3. The Labute approximate surface area is 214 Å². The molecule has 1 amide bonds. The minimum atomic E-state index is -3.99. The van der Waals surface area contributed by atoms with Crippen molar-refractivity contribution in [2.24, 2.45) is 0 Å². The van der Waals surface area contributed by atoms with Crippen LogP contribution in [0.1, 0.15) is 6.42 Å². The van der Waals surface area contributed by atoms with Crippen molar-refractivity contribution in [2.45, 2.75) is 17.4 Å². The van der Waals surface area contributed by atoms with Gasteiger partial charge in [-0.25, -0.2) is 8.42 Å². The lowest BCUT2D eigenvalue weighted by molar-refractivity contribution is -0.149. The average molecular weight is 533 g/mol. The van der Waals surface area contributed by atoms with E-state index in [2.05, 4.69) is 10.0 Å². The number of hydrogen-bond acceptors (Lipinski definition) is 6. The third kappa shape index (κ3) is 8.10. The highest BCUT2D eigenvalue weighted by Gasteiger charge is 2.27. The van der Waals surface area contributed by atoms with E-state index >= 15 is 0 Å². The van der Waals surface area contributed by atoms with Crippen LogP contribution in [0.25, 0.3) is 11.1 Å². The van der Waals surface area contributed by atoms with E-state index in [0.29, 0.717) is 16.5 Å². The van der Waals surface area contributed by atoms with Crippen LogP contribution < -0.4 is 10.0 Å². The van der Waals surface area contributed by atoms with Crippen LogP contribution >= 0.6 is 23.4 Å². The fourth-order valence-corrected chi connectivity index (χ4v) is 4.96. The Bertz CT molecular complexity index is 1240. The number of carbonyl (C=O) groups excluding carboxylic acids is 2. The van der Waals surface area contributed by atoms with Crippen molar-refractivity contribution in [1.82, 2.24) is 4.72 Å². The Hall–Kier alpha value is -2.85. The number of thioether (sulfide) groups is 1. The standard InChI is InChI=1S/C25H25ClN2O5S2/c1-34-16-15-23(28-35(31,32)22-13-9-20(26)10-14-22)25(30)33-17-24(29)27-21-11-7-19(8-12-21)18-5-3-2-4-6-18/h2-14,23,28H,15-17H2,1H3,(H,27,29). The number of nitrogens with one attached hydrogen (secondary N) is 2. The van der Waals surface area contributed by atoms with E-state index < -0.39 is 34.5 Å². The van der Waals surface area contributed by atoms with Crippen molar-refractivity contribution in [3.8, 4) is 11.1 Å². The van der Waals surface area contributed by atoms with Crippen molar-refractivity contribution in [2.75, 3.05) is 23.9 Å². The van der Waals surface area contributed by atoms with Gasteiger partial charge in [0.1, 0.15) is 6.04 Å². The zero-order valence-corrected chi connectivity index (χ0v) is 21.3. The first-order valence-corrected chi connectivity index (χ1v) is 13.9. The summed E-state index contributed by atoms with van der Waals surface area (Å²) in [5.41, 5.74) is 2.60. The molecule has 0 radical (unpaired) electrons. The van der Waals surface area contributed by atoms with E-state index in [4.69, 9.17) is 16.3 Å². The van der Waals surface area contributed by atoms with E-state index in [-0.39, 0.29) is 11.3 Å². The van der Waals surface area contributed by atoms with Gasteiger partial charge in [0, 0.05) is 10.7 Å². The molecule has 2 N–H and O–H groups in total. The van der Waals surface area contributed by atoms with Crippen LogP contribution in [-0.2, 0) is 24.3 Å². The number of amides is 1. The second-order valence-corrected chi connectivity index (χ2v) is 10.6. The van der Waals surface area contributed by atoms with Gasteiger partial charge in [-0.05, 0) is 66.0 Å². The summed E-state index contributed by atoms with van der Waals surface area (Å²) in [5.74, 6) is -0.843. The largest absolute Gasteiger partial charge is 0.454 e. The van der Waals surface area contributed by atoms with Gasteiger partial charge in [-0.3, -0.25) is 9.59 Å². The Morgan fingerprint density at radius 3 is 2.20 bits per heavy atom. The first-order chi connectivity index (χ1) is 16.8. The van der Waals surface area contributed by atoms with E-state index in [0.717, 1.165) is 11.1 Å². The summed E-state index contributed by atoms with van der Waals surface area (Å²) >= 11 is 7.28. The van der Waals surface area contributed by atoms with E-state index in [1.165, 1.54) is 36.0 Å². The average Bonchev–Trinajstić information content (AvgIpc) is 2.86. The molecular formula is C25H25ClN2O5S2. The number of esters is 1. The summed E-state index contributed by atoms with van der Waals surface area (Å²) in [7, 11) is -3.99. The number of sulfonamides is 1. The quantitative estimate of drug-likeness (QED) is 0.350. The van der Waals surface area contributed by atoms with Crippen LogP contribution in [0.4, 0.5) is 5.69 Å². The highest BCUT2D eigenvalue weighted by molar-refractivity contribution is 7.98. The molecule has 0 aliphatic heterocycles. The molecule has 0 bridgehead atoms. The fourth-order valence-electron chi connectivity index (χ4n) is 3.14. The molecule has 0 saturated carbocycles. The molecule has 184 valence electrons. The van der Waals surface area contributed by atoms with Gasteiger partial charge in [0.05, 0.1) is 4.90 Å². The molecule has 0 spiro atoms. The van der Waals surface area contributed by atoms with Crippen LogP contribution in [0.15, 0.2) is 83.8 Å². The Kier molecular flexibility index (Phi) is 9.73. The zero-order valence-electron chi connectivity index (χ0n) is 18.9. The highest BCUT2D eigenvalue weighted by Crippen LogP contribution is 2.21. The molecule has 35 heavy (non-hydrogen) atoms. The molecule has 3 aromatic rings. The second kappa shape index (κ2) is 12.7. The molecule has 0 aliphatic carbocycles. The summed E-state index contributed by atoms with van der Waals surface area (Å²) in [5, 5.41) is 3.06. The molecular weight excluding hydrogens is 508 g/mol. The van der Waals surface area contributed by atoms with Crippen LogP contribution in [-0.4, -0.2) is 45.0 Å². The molecule has 7 nitrogen and oxygen atoms in total. The summed E-state index contributed by atoms with van der Waals surface area (Å²) in [4.78, 5) is 24.9. The lowest BCUT2D eigenvalue weighted by Crippen LogP contribution is -2.43. The smallest absolute Gasteiger partial charge is 0.324 e. The predicted octanol–water partition coefficient (Wildman–Crippen LogP) is 4.59.